The number of nitriles is 1. The lowest BCUT2D eigenvalue weighted by Gasteiger charge is -2.25. The Balaban J connectivity index is 1.39. The minimum absolute atomic E-state index is 0.0856. The number of hydrogen-bond donors (Lipinski definition) is 1. The summed E-state index contributed by atoms with van der Waals surface area (Å²) in [6.07, 6.45) is 3.05. The van der Waals surface area contributed by atoms with Crippen molar-refractivity contribution in [2.45, 2.75) is 37.6 Å². The average molecular weight is 346 g/mol. The molecule has 2 aliphatic rings. The normalized spacial score (nSPS) is 21.3. The summed E-state index contributed by atoms with van der Waals surface area (Å²) in [5.41, 5.74) is 4.89. The van der Waals surface area contributed by atoms with Crippen molar-refractivity contribution in [3.05, 3.63) is 59.7 Å². The first-order valence-electron chi connectivity index (χ1n) is 9.27. The molecule has 2 aliphatic carbocycles. The summed E-state index contributed by atoms with van der Waals surface area (Å²) in [6.45, 7) is 0.341. The quantitative estimate of drug-likeness (QED) is 0.883. The van der Waals surface area contributed by atoms with E-state index in [0.29, 0.717) is 6.61 Å². The molecule has 0 aromatic heterocycles. The minimum atomic E-state index is -0.354. The van der Waals surface area contributed by atoms with E-state index in [1.54, 1.807) is 0 Å². The number of benzene rings is 2. The van der Waals surface area contributed by atoms with Crippen LogP contribution >= 0.6 is 0 Å². The summed E-state index contributed by atoms with van der Waals surface area (Å²) in [6, 6.07) is 19.1. The van der Waals surface area contributed by atoms with Crippen molar-refractivity contribution >= 4 is 6.09 Å². The van der Waals surface area contributed by atoms with Crippen molar-refractivity contribution < 1.29 is 9.53 Å². The SMILES string of the molecule is N#CC1CCC(NC(=O)OCC2c3ccccc3-c3ccccc32)CC1. The zero-order chi connectivity index (χ0) is 17.9. The number of fused-ring (bicyclic) bond motifs is 3. The van der Waals surface area contributed by atoms with Crippen LogP contribution in [0.3, 0.4) is 0 Å². The second kappa shape index (κ2) is 7.21. The first kappa shape index (κ1) is 16.7. The standard InChI is InChI=1S/C22H22N2O2/c23-13-15-9-11-16(12-10-15)24-22(25)26-14-21-19-7-3-1-5-17(19)18-6-2-4-8-20(18)21/h1-8,15-16,21H,9-12,14H2,(H,24,25). The molecule has 0 atom stereocenters. The monoisotopic (exact) mass is 346 g/mol. The van der Waals surface area contributed by atoms with Crippen molar-refractivity contribution in [3.8, 4) is 17.2 Å². The van der Waals surface area contributed by atoms with Gasteiger partial charge in [-0.2, -0.15) is 5.26 Å². The van der Waals surface area contributed by atoms with Gasteiger partial charge in [0.1, 0.15) is 6.61 Å². The molecule has 0 saturated heterocycles. The van der Waals surface area contributed by atoms with Gasteiger partial charge in [-0.25, -0.2) is 4.79 Å². The Kier molecular flexibility index (Phi) is 4.62. The number of amides is 1. The van der Waals surface area contributed by atoms with Crippen LogP contribution < -0.4 is 5.32 Å². The maximum atomic E-state index is 12.2. The number of alkyl carbamates (subject to hydrolysis) is 1. The number of hydrogen-bond acceptors (Lipinski definition) is 3. The van der Waals surface area contributed by atoms with Gasteiger partial charge < -0.3 is 10.1 Å². The molecular weight excluding hydrogens is 324 g/mol. The van der Waals surface area contributed by atoms with Crippen LogP contribution in [0, 0.1) is 17.2 Å². The van der Waals surface area contributed by atoms with Gasteiger partial charge in [0.25, 0.3) is 0 Å². The van der Waals surface area contributed by atoms with E-state index >= 15 is 0 Å². The van der Waals surface area contributed by atoms with E-state index in [2.05, 4.69) is 35.7 Å². The molecule has 132 valence electrons. The molecule has 4 rings (SSSR count). The van der Waals surface area contributed by atoms with Gasteiger partial charge >= 0.3 is 6.09 Å². The van der Waals surface area contributed by atoms with Crippen LogP contribution in [0.5, 0.6) is 0 Å². The van der Waals surface area contributed by atoms with Gasteiger partial charge in [-0.1, -0.05) is 48.5 Å². The van der Waals surface area contributed by atoms with Crippen LogP contribution in [0.1, 0.15) is 42.7 Å². The van der Waals surface area contributed by atoms with E-state index in [1.807, 2.05) is 24.3 Å². The average Bonchev–Trinajstić information content (AvgIpc) is 3.01. The number of ether oxygens (including phenoxy) is 1. The maximum Gasteiger partial charge on any atom is 0.407 e. The summed E-state index contributed by atoms with van der Waals surface area (Å²) >= 11 is 0. The Bertz CT molecular complexity index is 802. The molecule has 1 saturated carbocycles. The van der Waals surface area contributed by atoms with Crippen LogP contribution in [-0.2, 0) is 4.74 Å². The first-order valence-corrected chi connectivity index (χ1v) is 9.27. The first-order chi connectivity index (χ1) is 12.8. The van der Waals surface area contributed by atoms with E-state index in [4.69, 9.17) is 10.00 Å². The van der Waals surface area contributed by atoms with Crippen molar-refractivity contribution in [2.75, 3.05) is 6.61 Å². The third-order valence-corrected chi connectivity index (χ3v) is 5.58. The lowest BCUT2D eigenvalue weighted by Crippen LogP contribution is -2.38. The number of carbonyl (C=O) groups is 1. The van der Waals surface area contributed by atoms with E-state index < -0.39 is 0 Å². The van der Waals surface area contributed by atoms with Gasteiger partial charge in [0.15, 0.2) is 0 Å². The third-order valence-electron chi connectivity index (χ3n) is 5.58. The molecule has 4 heteroatoms. The molecule has 0 unspecified atom stereocenters. The summed E-state index contributed by atoms with van der Waals surface area (Å²) < 4.78 is 5.58. The Morgan fingerprint density at radius 1 is 1.00 bits per heavy atom. The summed E-state index contributed by atoms with van der Waals surface area (Å²) in [5, 5.41) is 11.9. The van der Waals surface area contributed by atoms with Crippen molar-refractivity contribution in [1.82, 2.24) is 5.32 Å². The smallest absolute Gasteiger partial charge is 0.407 e. The topological polar surface area (TPSA) is 62.1 Å². The van der Waals surface area contributed by atoms with Crippen molar-refractivity contribution in [3.63, 3.8) is 0 Å². The van der Waals surface area contributed by atoms with Gasteiger partial charge in [-0.15, -0.1) is 0 Å². The fraction of sp³-hybridized carbons (Fsp3) is 0.364. The maximum absolute atomic E-state index is 12.2. The van der Waals surface area contributed by atoms with Gasteiger partial charge in [0.05, 0.1) is 6.07 Å². The molecule has 2 aromatic rings. The molecule has 2 aromatic carbocycles. The van der Waals surface area contributed by atoms with E-state index in [-0.39, 0.29) is 24.0 Å². The molecule has 26 heavy (non-hydrogen) atoms. The molecule has 1 fully saturated rings. The molecule has 1 amide bonds. The van der Waals surface area contributed by atoms with Gasteiger partial charge in [-0.05, 0) is 47.9 Å². The highest BCUT2D eigenvalue weighted by Crippen LogP contribution is 2.44. The van der Waals surface area contributed by atoms with E-state index in [9.17, 15) is 4.79 Å². The number of carbonyl (C=O) groups excluding carboxylic acids is 1. The summed E-state index contributed by atoms with van der Waals surface area (Å²) in [5.74, 6) is 0.220. The summed E-state index contributed by atoms with van der Waals surface area (Å²) in [4.78, 5) is 12.2. The zero-order valence-electron chi connectivity index (χ0n) is 14.7. The Morgan fingerprint density at radius 3 is 2.15 bits per heavy atom. The highest BCUT2D eigenvalue weighted by atomic mass is 16.5. The Hall–Kier alpha value is -2.80. The lowest BCUT2D eigenvalue weighted by molar-refractivity contribution is 0.135. The second-order valence-electron chi connectivity index (χ2n) is 7.15. The zero-order valence-corrected chi connectivity index (χ0v) is 14.7. The van der Waals surface area contributed by atoms with Crippen molar-refractivity contribution in [2.24, 2.45) is 5.92 Å². The Morgan fingerprint density at radius 2 is 1.58 bits per heavy atom. The molecule has 4 nitrogen and oxygen atoms in total. The van der Waals surface area contributed by atoms with Crippen LogP contribution in [0.4, 0.5) is 4.79 Å². The summed E-state index contributed by atoms with van der Waals surface area (Å²) in [7, 11) is 0. The van der Waals surface area contributed by atoms with Gasteiger partial charge in [-0.3, -0.25) is 0 Å². The number of nitrogens with one attached hydrogen (secondary N) is 1. The van der Waals surface area contributed by atoms with Crippen LogP contribution in [-0.4, -0.2) is 18.7 Å². The van der Waals surface area contributed by atoms with Crippen LogP contribution in [0.15, 0.2) is 48.5 Å². The predicted octanol–water partition coefficient (Wildman–Crippen LogP) is 4.61. The molecule has 0 bridgehead atoms. The number of rotatable bonds is 3. The van der Waals surface area contributed by atoms with Crippen LogP contribution in [0.25, 0.3) is 11.1 Å². The molecular formula is C22H22N2O2. The fourth-order valence-corrected chi connectivity index (χ4v) is 4.17. The third kappa shape index (κ3) is 3.17. The van der Waals surface area contributed by atoms with Gasteiger partial charge in [0.2, 0.25) is 0 Å². The molecule has 0 radical (unpaired) electrons. The van der Waals surface area contributed by atoms with E-state index in [1.165, 1.54) is 22.3 Å². The lowest BCUT2D eigenvalue weighted by atomic mass is 9.87. The number of nitrogens with zero attached hydrogens (tertiary/aromatic N) is 1. The molecule has 1 N–H and O–H groups in total. The van der Waals surface area contributed by atoms with Crippen LogP contribution in [0.2, 0.25) is 0 Å². The second-order valence-corrected chi connectivity index (χ2v) is 7.15. The molecule has 0 spiro atoms. The van der Waals surface area contributed by atoms with Gasteiger partial charge in [0, 0.05) is 17.9 Å². The molecule has 0 aliphatic heterocycles. The molecule has 0 heterocycles. The largest absolute Gasteiger partial charge is 0.449 e. The predicted molar refractivity (Wildman–Crippen MR) is 99.6 cm³/mol. The fourth-order valence-electron chi connectivity index (χ4n) is 4.17. The van der Waals surface area contributed by atoms with E-state index in [0.717, 1.165) is 25.7 Å². The van der Waals surface area contributed by atoms with Crippen molar-refractivity contribution in [1.29, 1.82) is 5.26 Å². The Labute approximate surface area is 153 Å². The minimum Gasteiger partial charge on any atom is -0.449 e. The highest BCUT2D eigenvalue weighted by Gasteiger charge is 2.29. The highest BCUT2D eigenvalue weighted by molar-refractivity contribution is 5.79.